The molecular formula is C17H21NO2. The lowest BCUT2D eigenvalue weighted by Crippen LogP contribution is -2.34. The van der Waals surface area contributed by atoms with Gasteiger partial charge in [0.2, 0.25) is 5.91 Å². The number of nitrogens with one attached hydrogen (secondary N) is 1. The second kappa shape index (κ2) is 7.04. The smallest absolute Gasteiger partial charge is 0.220 e. The fraction of sp³-hybridized carbons (Fsp3) is 0.412. The zero-order chi connectivity index (χ0) is 14.4. The van der Waals surface area contributed by atoms with Gasteiger partial charge in [-0.3, -0.25) is 9.59 Å². The van der Waals surface area contributed by atoms with Crippen molar-refractivity contribution in [1.82, 2.24) is 5.32 Å². The first kappa shape index (κ1) is 14.5. The van der Waals surface area contributed by atoms with Crippen molar-refractivity contribution in [2.75, 3.05) is 0 Å². The number of rotatable bonds is 6. The second-order valence-electron chi connectivity index (χ2n) is 5.43. The van der Waals surface area contributed by atoms with Crippen LogP contribution < -0.4 is 5.32 Å². The van der Waals surface area contributed by atoms with E-state index in [1.165, 1.54) is 0 Å². The number of hydrogen-bond acceptors (Lipinski definition) is 2. The highest BCUT2D eigenvalue weighted by Crippen LogP contribution is 2.20. The van der Waals surface area contributed by atoms with Crippen molar-refractivity contribution >= 4 is 11.7 Å². The average molecular weight is 271 g/mol. The van der Waals surface area contributed by atoms with E-state index in [1.807, 2.05) is 25.1 Å². The Bertz CT molecular complexity index is 493. The molecular weight excluding hydrogens is 250 g/mol. The van der Waals surface area contributed by atoms with E-state index in [0.717, 1.165) is 12.8 Å². The number of ketones is 1. The van der Waals surface area contributed by atoms with Crippen LogP contribution in [-0.4, -0.2) is 17.7 Å². The van der Waals surface area contributed by atoms with Crippen LogP contribution in [0.25, 0.3) is 0 Å². The van der Waals surface area contributed by atoms with E-state index in [2.05, 4.69) is 17.5 Å². The Labute approximate surface area is 120 Å². The normalized spacial score (nSPS) is 18.8. The quantitative estimate of drug-likeness (QED) is 0.638. The van der Waals surface area contributed by atoms with E-state index in [1.54, 1.807) is 12.1 Å². The Morgan fingerprint density at radius 1 is 1.30 bits per heavy atom. The summed E-state index contributed by atoms with van der Waals surface area (Å²) in [5.74, 6) is 0.473. The van der Waals surface area contributed by atoms with Crippen LogP contribution in [0.4, 0.5) is 0 Å². The first-order valence-electron chi connectivity index (χ1n) is 7.19. The molecule has 0 spiro atoms. The number of benzene rings is 1. The molecule has 3 nitrogen and oxygen atoms in total. The Hall–Kier alpha value is -1.90. The number of carbonyl (C=O) groups is 2. The van der Waals surface area contributed by atoms with Crippen LogP contribution in [0.3, 0.4) is 0 Å². The fourth-order valence-corrected chi connectivity index (χ4v) is 2.51. The first-order valence-corrected chi connectivity index (χ1v) is 7.19. The standard InChI is InChI=1S/C17H21NO2/c1-13(11-16(19)15-9-3-2-4-10-15)18-17(20)12-14-7-5-6-8-14/h2-5,7,9-10,13-14H,6,8,11-12H2,1H3,(H,18,20)/t13-,14-/m1/s1. The molecule has 1 N–H and O–H groups in total. The minimum atomic E-state index is -0.124. The zero-order valence-electron chi connectivity index (χ0n) is 11.8. The number of amides is 1. The molecule has 2 atom stereocenters. The maximum Gasteiger partial charge on any atom is 0.220 e. The number of allylic oxidation sites excluding steroid dienone is 2. The van der Waals surface area contributed by atoms with Gasteiger partial charge in [0, 0.05) is 24.4 Å². The highest BCUT2D eigenvalue weighted by molar-refractivity contribution is 5.96. The third-order valence-electron chi connectivity index (χ3n) is 3.55. The largest absolute Gasteiger partial charge is 0.353 e. The molecule has 1 aliphatic carbocycles. The molecule has 0 fully saturated rings. The van der Waals surface area contributed by atoms with Gasteiger partial charge in [-0.15, -0.1) is 0 Å². The molecule has 1 aromatic carbocycles. The van der Waals surface area contributed by atoms with Gasteiger partial charge in [0.15, 0.2) is 5.78 Å². The molecule has 0 saturated carbocycles. The molecule has 106 valence electrons. The summed E-state index contributed by atoms with van der Waals surface area (Å²) in [5, 5.41) is 2.91. The third-order valence-corrected chi connectivity index (χ3v) is 3.55. The monoisotopic (exact) mass is 271 g/mol. The summed E-state index contributed by atoms with van der Waals surface area (Å²) in [5.41, 5.74) is 0.701. The van der Waals surface area contributed by atoms with Crippen molar-refractivity contribution in [2.24, 2.45) is 5.92 Å². The third kappa shape index (κ3) is 4.34. The summed E-state index contributed by atoms with van der Waals surface area (Å²) in [6, 6.07) is 9.07. The van der Waals surface area contributed by atoms with E-state index in [0.29, 0.717) is 24.3 Å². The molecule has 1 aliphatic rings. The molecule has 0 saturated heterocycles. The van der Waals surface area contributed by atoms with Crippen LogP contribution in [0.2, 0.25) is 0 Å². The topological polar surface area (TPSA) is 46.2 Å². The molecule has 0 heterocycles. The molecule has 0 bridgehead atoms. The van der Waals surface area contributed by atoms with Gasteiger partial charge in [0.1, 0.15) is 0 Å². The molecule has 2 rings (SSSR count). The van der Waals surface area contributed by atoms with Crippen LogP contribution in [0, 0.1) is 5.92 Å². The summed E-state index contributed by atoms with van der Waals surface area (Å²) in [7, 11) is 0. The Morgan fingerprint density at radius 3 is 2.70 bits per heavy atom. The van der Waals surface area contributed by atoms with Crippen molar-refractivity contribution in [3.8, 4) is 0 Å². The molecule has 1 aromatic rings. The van der Waals surface area contributed by atoms with Crippen LogP contribution in [-0.2, 0) is 4.79 Å². The molecule has 3 heteroatoms. The lowest BCUT2D eigenvalue weighted by atomic mass is 10.0. The van der Waals surface area contributed by atoms with E-state index < -0.39 is 0 Å². The fourth-order valence-electron chi connectivity index (χ4n) is 2.51. The molecule has 0 aliphatic heterocycles. The SMILES string of the molecule is C[C@H](CC(=O)c1ccccc1)NC(=O)C[C@@H]1C=CCC1. The maximum absolute atomic E-state index is 12.0. The van der Waals surface area contributed by atoms with Crippen molar-refractivity contribution in [1.29, 1.82) is 0 Å². The van der Waals surface area contributed by atoms with Crippen LogP contribution in [0.5, 0.6) is 0 Å². The summed E-state index contributed by atoms with van der Waals surface area (Å²) in [6.07, 6.45) is 7.24. The minimum Gasteiger partial charge on any atom is -0.353 e. The summed E-state index contributed by atoms with van der Waals surface area (Å²) >= 11 is 0. The van der Waals surface area contributed by atoms with Gasteiger partial charge >= 0.3 is 0 Å². The van der Waals surface area contributed by atoms with Crippen LogP contribution >= 0.6 is 0 Å². The first-order chi connectivity index (χ1) is 9.65. The maximum atomic E-state index is 12.0. The van der Waals surface area contributed by atoms with Gasteiger partial charge in [-0.2, -0.15) is 0 Å². The number of carbonyl (C=O) groups excluding carboxylic acids is 2. The van der Waals surface area contributed by atoms with Gasteiger partial charge in [-0.25, -0.2) is 0 Å². The molecule has 0 radical (unpaired) electrons. The Morgan fingerprint density at radius 2 is 2.05 bits per heavy atom. The van der Waals surface area contributed by atoms with Crippen molar-refractivity contribution in [2.45, 2.75) is 38.6 Å². The van der Waals surface area contributed by atoms with Gasteiger partial charge in [0.05, 0.1) is 0 Å². The lowest BCUT2D eigenvalue weighted by molar-refractivity contribution is -0.122. The van der Waals surface area contributed by atoms with Crippen molar-refractivity contribution in [3.05, 3.63) is 48.0 Å². The number of hydrogen-bond donors (Lipinski definition) is 1. The van der Waals surface area contributed by atoms with Gasteiger partial charge in [-0.1, -0.05) is 42.5 Å². The van der Waals surface area contributed by atoms with E-state index in [4.69, 9.17) is 0 Å². The minimum absolute atomic E-state index is 0.0370. The predicted octanol–water partition coefficient (Wildman–Crippen LogP) is 3.12. The highest BCUT2D eigenvalue weighted by Gasteiger charge is 2.17. The molecule has 20 heavy (non-hydrogen) atoms. The summed E-state index contributed by atoms with van der Waals surface area (Å²) in [4.78, 5) is 23.9. The van der Waals surface area contributed by atoms with Gasteiger partial charge in [0.25, 0.3) is 0 Å². The van der Waals surface area contributed by atoms with Crippen LogP contribution in [0.15, 0.2) is 42.5 Å². The lowest BCUT2D eigenvalue weighted by Gasteiger charge is -2.14. The number of Topliss-reactive ketones (excluding diaryl/α,β-unsaturated/α-hetero) is 1. The molecule has 1 amide bonds. The van der Waals surface area contributed by atoms with E-state index in [9.17, 15) is 9.59 Å². The second-order valence-corrected chi connectivity index (χ2v) is 5.43. The molecule has 0 aromatic heterocycles. The highest BCUT2D eigenvalue weighted by atomic mass is 16.1. The van der Waals surface area contributed by atoms with Gasteiger partial charge < -0.3 is 5.32 Å². The van der Waals surface area contributed by atoms with Crippen molar-refractivity contribution < 1.29 is 9.59 Å². The summed E-state index contributed by atoms with van der Waals surface area (Å²) < 4.78 is 0. The van der Waals surface area contributed by atoms with Crippen molar-refractivity contribution in [3.63, 3.8) is 0 Å². The van der Waals surface area contributed by atoms with Gasteiger partial charge in [-0.05, 0) is 25.7 Å². The molecule has 0 unspecified atom stereocenters. The van der Waals surface area contributed by atoms with E-state index in [-0.39, 0.29) is 17.7 Å². The van der Waals surface area contributed by atoms with Crippen LogP contribution in [0.1, 0.15) is 43.0 Å². The predicted molar refractivity (Wildman–Crippen MR) is 79.5 cm³/mol. The summed E-state index contributed by atoms with van der Waals surface area (Å²) in [6.45, 7) is 1.88. The Balaban J connectivity index is 1.77. The van der Waals surface area contributed by atoms with E-state index >= 15 is 0 Å². The average Bonchev–Trinajstić information content (AvgIpc) is 2.92. The Kier molecular flexibility index (Phi) is 5.10. The zero-order valence-corrected chi connectivity index (χ0v) is 11.8.